The predicted octanol–water partition coefficient (Wildman–Crippen LogP) is 1.88. The number of benzene rings is 1. The lowest BCUT2D eigenvalue weighted by Gasteiger charge is -2.09. The molecule has 1 rings (SSSR count). The molecule has 1 aromatic rings. The van der Waals surface area contributed by atoms with Crippen molar-refractivity contribution in [1.82, 2.24) is 10.6 Å². The molecule has 0 saturated carbocycles. The van der Waals surface area contributed by atoms with Crippen LogP contribution in [0.3, 0.4) is 0 Å². The zero-order valence-electron chi connectivity index (χ0n) is 15.4. The van der Waals surface area contributed by atoms with Crippen molar-refractivity contribution in [1.29, 1.82) is 0 Å². The van der Waals surface area contributed by atoms with E-state index in [1.54, 1.807) is 31.4 Å². The van der Waals surface area contributed by atoms with Gasteiger partial charge in [0.2, 0.25) is 0 Å². The molecule has 0 unspecified atom stereocenters. The van der Waals surface area contributed by atoms with E-state index in [4.69, 9.17) is 14.2 Å². The molecule has 2 N–H and O–H groups in total. The Morgan fingerprint density at radius 1 is 1.08 bits per heavy atom. The Morgan fingerprint density at radius 2 is 1.73 bits per heavy atom. The van der Waals surface area contributed by atoms with E-state index in [-0.39, 0.29) is 12.3 Å². The van der Waals surface area contributed by atoms with Crippen LogP contribution >= 0.6 is 0 Å². The van der Waals surface area contributed by atoms with Gasteiger partial charge in [-0.25, -0.2) is 4.79 Å². The number of esters is 1. The van der Waals surface area contributed by atoms with Gasteiger partial charge in [0.1, 0.15) is 11.5 Å². The van der Waals surface area contributed by atoms with Crippen molar-refractivity contribution in [3.05, 3.63) is 24.3 Å². The van der Waals surface area contributed by atoms with E-state index in [9.17, 15) is 14.4 Å². The van der Waals surface area contributed by atoms with E-state index in [1.807, 2.05) is 13.8 Å². The molecular formula is C18H26N2O6. The number of rotatable bonds is 10. The van der Waals surface area contributed by atoms with Crippen molar-refractivity contribution in [2.24, 2.45) is 5.92 Å². The molecule has 0 aliphatic heterocycles. The zero-order valence-corrected chi connectivity index (χ0v) is 15.4. The van der Waals surface area contributed by atoms with E-state index in [2.05, 4.69) is 10.6 Å². The molecular weight excluding hydrogens is 340 g/mol. The number of urea groups is 1. The summed E-state index contributed by atoms with van der Waals surface area (Å²) >= 11 is 0. The molecule has 0 radical (unpaired) electrons. The van der Waals surface area contributed by atoms with Crippen molar-refractivity contribution < 1.29 is 28.6 Å². The molecule has 144 valence electrons. The normalized spacial score (nSPS) is 10.2. The standard InChI is InChI=1S/C18H26N2O6/c1-13(2)11-19-18(23)20-16(21)12-26-17(22)5-4-10-25-15-8-6-14(24-3)7-9-15/h6-9,13H,4-5,10-12H2,1-3H3,(H2,19,20,21,23). The summed E-state index contributed by atoms with van der Waals surface area (Å²) in [6.07, 6.45) is 0.560. The molecule has 8 heteroatoms. The highest BCUT2D eigenvalue weighted by atomic mass is 16.5. The average molecular weight is 366 g/mol. The summed E-state index contributed by atoms with van der Waals surface area (Å²) in [5, 5.41) is 4.62. The topological polar surface area (TPSA) is 103 Å². The van der Waals surface area contributed by atoms with Crippen molar-refractivity contribution in [2.75, 3.05) is 26.9 Å². The monoisotopic (exact) mass is 366 g/mol. The summed E-state index contributed by atoms with van der Waals surface area (Å²) in [4.78, 5) is 34.4. The third-order valence-electron chi connectivity index (χ3n) is 3.14. The second kappa shape index (κ2) is 11.7. The third-order valence-corrected chi connectivity index (χ3v) is 3.14. The Hall–Kier alpha value is -2.77. The Balaban J connectivity index is 2.12. The van der Waals surface area contributed by atoms with Crippen molar-refractivity contribution in [2.45, 2.75) is 26.7 Å². The first kappa shape index (κ1) is 21.3. The molecule has 8 nitrogen and oxygen atoms in total. The maximum atomic E-state index is 11.6. The predicted molar refractivity (Wildman–Crippen MR) is 95.1 cm³/mol. The molecule has 0 atom stereocenters. The zero-order chi connectivity index (χ0) is 19.4. The molecule has 3 amide bonds. The second-order valence-electron chi connectivity index (χ2n) is 5.94. The van der Waals surface area contributed by atoms with Gasteiger partial charge in [-0.05, 0) is 36.6 Å². The van der Waals surface area contributed by atoms with E-state index in [0.717, 1.165) is 5.75 Å². The van der Waals surface area contributed by atoms with E-state index < -0.39 is 24.5 Å². The minimum Gasteiger partial charge on any atom is -0.497 e. The Labute approximate surface area is 153 Å². The minimum atomic E-state index is -0.672. The molecule has 0 heterocycles. The Kier molecular flexibility index (Phi) is 9.59. The highest BCUT2D eigenvalue weighted by molar-refractivity contribution is 5.95. The molecule has 0 saturated heterocycles. The van der Waals surface area contributed by atoms with Crippen LogP contribution in [0.25, 0.3) is 0 Å². The molecule has 0 aliphatic carbocycles. The maximum Gasteiger partial charge on any atom is 0.321 e. The summed E-state index contributed by atoms with van der Waals surface area (Å²) in [6.45, 7) is 4.16. The van der Waals surface area contributed by atoms with Gasteiger partial charge in [-0.2, -0.15) is 0 Å². The van der Waals surface area contributed by atoms with Gasteiger partial charge in [0.05, 0.1) is 13.7 Å². The molecule has 0 spiro atoms. The van der Waals surface area contributed by atoms with Gasteiger partial charge in [0, 0.05) is 13.0 Å². The number of carbonyl (C=O) groups is 3. The number of methoxy groups -OCH3 is 1. The van der Waals surface area contributed by atoms with Crippen LogP contribution in [0.15, 0.2) is 24.3 Å². The number of hydrogen-bond donors (Lipinski definition) is 2. The van der Waals surface area contributed by atoms with Gasteiger partial charge in [-0.15, -0.1) is 0 Å². The van der Waals surface area contributed by atoms with Crippen LogP contribution in [0.4, 0.5) is 4.79 Å². The Bertz CT molecular complexity index is 586. The van der Waals surface area contributed by atoms with E-state index >= 15 is 0 Å². The number of imide groups is 1. The van der Waals surface area contributed by atoms with Crippen LogP contribution in [0, 0.1) is 5.92 Å². The molecule has 26 heavy (non-hydrogen) atoms. The minimum absolute atomic E-state index is 0.114. The van der Waals surface area contributed by atoms with Gasteiger partial charge >= 0.3 is 12.0 Å². The largest absolute Gasteiger partial charge is 0.497 e. The summed E-state index contributed by atoms with van der Waals surface area (Å²) in [5.74, 6) is 0.479. The van der Waals surface area contributed by atoms with Crippen LogP contribution in [0.2, 0.25) is 0 Å². The molecule has 0 fully saturated rings. The Morgan fingerprint density at radius 3 is 2.35 bits per heavy atom. The van der Waals surface area contributed by atoms with Gasteiger partial charge in [0.25, 0.3) is 5.91 Å². The van der Waals surface area contributed by atoms with Crippen LogP contribution in [0.1, 0.15) is 26.7 Å². The highest BCUT2D eigenvalue weighted by Gasteiger charge is 2.11. The van der Waals surface area contributed by atoms with E-state index in [1.165, 1.54) is 0 Å². The fraction of sp³-hybridized carbons (Fsp3) is 0.500. The quantitative estimate of drug-likeness (QED) is 0.484. The second-order valence-corrected chi connectivity index (χ2v) is 5.94. The lowest BCUT2D eigenvalue weighted by Crippen LogP contribution is -2.42. The maximum absolute atomic E-state index is 11.6. The van der Waals surface area contributed by atoms with Crippen molar-refractivity contribution in [3.8, 4) is 11.5 Å². The van der Waals surface area contributed by atoms with Crippen LogP contribution in [-0.2, 0) is 14.3 Å². The number of amides is 3. The molecule has 0 aromatic heterocycles. The van der Waals surface area contributed by atoms with Crippen LogP contribution < -0.4 is 20.1 Å². The fourth-order valence-electron chi connectivity index (χ4n) is 1.80. The first-order chi connectivity index (χ1) is 12.4. The summed E-state index contributed by atoms with van der Waals surface area (Å²) in [5.41, 5.74) is 0. The lowest BCUT2D eigenvalue weighted by molar-refractivity contribution is -0.148. The van der Waals surface area contributed by atoms with Crippen molar-refractivity contribution in [3.63, 3.8) is 0 Å². The van der Waals surface area contributed by atoms with Gasteiger partial charge < -0.3 is 19.5 Å². The molecule has 1 aromatic carbocycles. The van der Waals surface area contributed by atoms with E-state index in [0.29, 0.717) is 25.3 Å². The fourth-order valence-corrected chi connectivity index (χ4v) is 1.80. The summed E-state index contributed by atoms with van der Waals surface area (Å²) in [7, 11) is 1.58. The van der Waals surface area contributed by atoms with Crippen LogP contribution in [0.5, 0.6) is 11.5 Å². The van der Waals surface area contributed by atoms with Gasteiger partial charge in [0.15, 0.2) is 6.61 Å². The van der Waals surface area contributed by atoms with Crippen molar-refractivity contribution >= 4 is 17.9 Å². The smallest absolute Gasteiger partial charge is 0.321 e. The number of ether oxygens (including phenoxy) is 3. The average Bonchev–Trinajstić information content (AvgIpc) is 2.62. The first-order valence-corrected chi connectivity index (χ1v) is 8.41. The summed E-state index contributed by atoms with van der Waals surface area (Å²) in [6, 6.07) is 6.49. The molecule has 0 bridgehead atoms. The first-order valence-electron chi connectivity index (χ1n) is 8.41. The molecule has 0 aliphatic rings. The number of hydrogen-bond acceptors (Lipinski definition) is 6. The SMILES string of the molecule is COc1ccc(OCCCC(=O)OCC(=O)NC(=O)NCC(C)C)cc1. The van der Waals surface area contributed by atoms with Gasteiger partial charge in [-0.3, -0.25) is 14.9 Å². The summed E-state index contributed by atoms with van der Waals surface area (Å²) < 4.78 is 15.3. The highest BCUT2D eigenvalue weighted by Crippen LogP contribution is 2.17. The van der Waals surface area contributed by atoms with Crippen LogP contribution in [-0.4, -0.2) is 44.8 Å². The number of carbonyl (C=O) groups excluding carboxylic acids is 3. The lowest BCUT2D eigenvalue weighted by atomic mass is 10.2. The third kappa shape index (κ3) is 9.51. The van der Waals surface area contributed by atoms with Gasteiger partial charge in [-0.1, -0.05) is 13.8 Å². The number of nitrogens with one attached hydrogen (secondary N) is 2.